The predicted molar refractivity (Wildman–Crippen MR) is 139 cm³/mol. The van der Waals surface area contributed by atoms with Crippen LogP contribution in [-0.4, -0.2) is 39.5 Å². The van der Waals surface area contributed by atoms with Crippen LogP contribution in [0.15, 0.2) is 0 Å². The lowest BCUT2D eigenvalue weighted by Crippen LogP contribution is -2.47. The summed E-state index contributed by atoms with van der Waals surface area (Å²) < 4.78 is 0. The van der Waals surface area contributed by atoms with Crippen molar-refractivity contribution in [3.05, 3.63) is 0 Å². The molecule has 0 saturated heterocycles. The van der Waals surface area contributed by atoms with E-state index in [9.17, 15) is 20.1 Å². The lowest BCUT2D eigenvalue weighted by molar-refractivity contribution is -0.140. The normalized spacial score (nSPS) is 15.3. The van der Waals surface area contributed by atoms with Crippen LogP contribution in [-0.2, 0) is 4.79 Å². The van der Waals surface area contributed by atoms with Gasteiger partial charge in [0.1, 0.15) is 12.3 Å². The molecule has 0 fully saturated rings. The summed E-state index contributed by atoms with van der Waals surface area (Å²) in [4.78, 5) is 12.6. The number of ketones is 1. The van der Waals surface area contributed by atoms with Crippen molar-refractivity contribution in [2.45, 2.75) is 167 Å². The van der Waals surface area contributed by atoms with Crippen molar-refractivity contribution >= 4 is 5.78 Å². The van der Waals surface area contributed by atoms with Gasteiger partial charge in [0.15, 0.2) is 5.78 Å². The monoisotopic (exact) mass is 471 g/mol. The maximum Gasteiger partial charge on any atom is 0.170 e. The highest BCUT2D eigenvalue weighted by Gasteiger charge is 2.34. The zero-order valence-electron chi connectivity index (χ0n) is 22.0. The lowest BCUT2D eigenvalue weighted by Gasteiger charge is -2.26. The molecule has 0 aromatic heterocycles. The number of rotatable bonds is 25. The van der Waals surface area contributed by atoms with Gasteiger partial charge < -0.3 is 21.1 Å². The zero-order valence-corrected chi connectivity index (χ0v) is 22.0. The summed E-state index contributed by atoms with van der Waals surface area (Å²) in [5.41, 5.74) is 5.59. The molecule has 0 aromatic carbocycles. The molecule has 5 N–H and O–H groups in total. The van der Waals surface area contributed by atoms with Crippen molar-refractivity contribution in [3.8, 4) is 0 Å². The number of Topliss-reactive ketones (excluding diaryl/α,β-unsaturated/α-hetero) is 1. The molecule has 33 heavy (non-hydrogen) atoms. The maximum absolute atomic E-state index is 12.6. The fraction of sp³-hybridized carbons (Fsp3) is 0.964. The molecule has 4 unspecified atom stereocenters. The molecule has 0 amide bonds. The molecular formula is C28H57NO4. The Balaban J connectivity index is 3.90. The molecule has 0 saturated carbocycles. The fourth-order valence-corrected chi connectivity index (χ4v) is 4.62. The second-order valence-electron chi connectivity index (χ2n) is 10.1. The number of nitrogens with two attached hydrogens (primary N) is 1. The molecule has 5 heteroatoms. The van der Waals surface area contributed by atoms with Crippen molar-refractivity contribution in [3.63, 3.8) is 0 Å². The molecule has 0 spiro atoms. The highest BCUT2D eigenvalue weighted by atomic mass is 16.3. The Morgan fingerprint density at radius 3 is 1.27 bits per heavy atom. The van der Waals surface area contributed by atoms with Crippen LogP contribution in [0.2, 0.25) is 0 Å². The number of hydrogen-bond acceptors (Lipinski definition) is 5. The molecule has 198 valence electrons. The SMILES string of the molecule is CCCCCCCCCCCCCCCC(O)C(C(=O)C(O)CCCCCCCC)C(N)O. The summed E-state index contributed by atoms with van der Waals surface area (Å²) in [6.07, 6.45) is 19.9. The van der Waals surface area contributed by atoms with Gasteiger partial charge in [-0.3, -0.25) is 4.79 Å². The van der Waals surface area contributed by atoms with Crippen molar-refractivity contribution in [2.75, 3.05) is 0 Å². The third-order valence-corrected chi connectivity index (χ3v) is 6.87. The predicted octanol–water partition coefficient (Wildman–Crippen LogP) is 6.40. The van der Waals surface area contributed by atoms with Crippen LogP contribution >= 0.6 is 0 Å². The van der Waals surface area contributed by atoms with Crippen LogP contribution in [0.3, 0.4) is 0 Å². The first-order valence-electron chi connectivity index (χ1n) is 14.3. The molecule has 0 radical (unpaired) electrons. The number of carbonyl (C=O) groups is 1. The molecule has 0 bridgehead atoms. The molecule has 0 aliphatic heterocycles. The Kier molecular flexibility index (Phi) is 22.9. The van der Waals surface area contributed by atoms with Crippen molar-refractivity contribution < 1.29 is 20.1 Å². The van der Waals surface area contributed by atoms with E-state index in [1.165, 1.54) is 83.5 Å². The van der Waals surface area contributed by atoms with E-state index in [4.69, 9.17) is 5.73 Å². The molecule has 0 aromatic rings. The highest BCUT2D eigenvalue weighted by molar-refractivity contribution is 5.86. The largest absolute Gasteiger partial charge is 0.392 e. The quantitative estimate of drug-likeness (QED) is 0.0910. The summed E-state index contributed by atoms with van der Waals surface area (Å²) in [5, 5.41) is 30.6. The van der Waals surface area contributed by atoms with E-state index in [0.29, 0.717) is 12.8 Å². The van der Waals surface area contributed by atoms with Gasteiger partial charge in [0.25, 0.3) is 0 Å². The molecule has 4 atom stereocenters. The Morgan fingerprint density at radius 2 is 0.909 bits per heavy atom. The van der Waals surface area contributed by atoms with Crippen molar-refractivity contribution in [1.29, 1.82) is 0 Å². The minimum absolute atomic E-state index is 0.375. The van der Waals surface area contributed by atoms with E-state index in [2.05, 4.69) is 13.8 Å². The topological polar surface area (TPSA) is 104 Å². The minimum atomic E-state index is -1.44. The summed E-state index contributed by atoms with van der Waals surface area (Å²) in [6, 6.07) is 0. The lowest BCUT2D eigenvalue weighted by atomic mass is 9.87. The van der Waals surface area contributed by atoms with Gasteiger partial charge in [-0.25, -0.2) is 0 Å². The summed E-state index contributed by atoms with van der Waals surface area (Å²) in [6.45, 7) is 4.42. The van der Waals surface area contributed by atoms with Crippen molar-refractivity contribution in [1.82, 2.24) is 0 Å². The maximum atomic E-state index is 12.6. The van der Waals surface area contributed by atoms with Gasteiger partial charge in [0.2, 0.25) is 0 Å². The highest BCUT2D eigenvalue weighted by Crippen LogP contribution is 2.20. The second kappa shape index (κ2) is 23.3. The van der Waals surface area contributed by atoms with Gasteiger partial charge in [-0.1, -0.05) is 136 Å². The van der Waals surface area contributed by atoms with Gasteiger partial charge in [-0.2, -0.15) is 0 Å². The Labute approximate surface area is 204 Å². The second-order valence-corrected chi connectivity index (χ2v) is 10.1. The summed E-state index contributed by atoms with van der Waals surface area (Å²) in [5.74, 6) is -1.61. The molecule has 0 aliphatic rings. The van der Waals surface area contributed by atoms with E-state index in [-0.39, 0.29) is 0 Å². The molecule has 0 rings (SSSR count). The van der Waals surface area contributed by atoms with Gasteiger partial charge in [0, 0.05) is 0 Å². The average molecular weight is 472 g/mol. The zero-order chi connectivity index (χ0) is 24.7. The van der Waals surface area contributed by atoms with Gasteiger partial charge in [-0.05, 0) is 12.8 Å². The Morgan fingerprint density at radius 1 is 0.576 bits per heavy atom. The standard InChI is InChI=1S/C28H57NO4/c1-3-5-7-9-11-12-13-14-15-16-17-19-20-22-24(30)26(28(29)33)27(32)25(31)23-21-18-10-8-6-4-2/h24-26,28,30-31,33H,3-23,29H2,1-2H3. The number of aliphatic hydroxyl groups excluding tert-OH is 3. The molecule has 0 aliphatic carbocycles. The van der Waals surface area contributed by atoms with Crippen LogP contribution in [0.1, 0.15) is 149 Å². The molecule has 0 heterocycles. The number of aliphatic hydroxyl groups is 3. The van der Waals surface area contributed by atoms with Crippen LogP contribution in [0.5, 0.6) is 0 Å². The Hall–Kier alpha value is -0.490. The minimum Gasteiger partial charge on any atom is -0.392 e. The smallest absolute Gasteiger partial charge is 0.170 e. The third-order valence-electron chi connectivity index (χ3n) is 6.87. The number of carbonyl (C=O) groups excluding carboxylic acids is 1. The fourth-order valence-electron chi connectivity index (χ4n) is 4.62. The van der Waals surface area contributed by atoms with E-state index >= 15 is 0 Å². The summed E-state index contributed by atoms with van der Waals surface area (Å²) >= 11 is 0. The van der Waals surface area contributed by atoms with E-state index in [1.54, 1.807) is 0 Å². The van der Waals surface area contributed by atoms with Gasteiger partial charge in [-0.15, -0.1) is 0 Å². The summed E-state index contributed by atoms with van der Waals surface area (Å²) in [7, 11) is 0. The van der Waals surface area contributed by atoms with Crippen LogP contribution < -0.4 is 5.73 Å². The van der Waals surface area contributed by atoms with Gasteiger partial charge in [0.05, 0.1) is 12.0 Å². The first-order chi connectivity index (χ1) is 16.0. The number of unbranched alkanes of at least 4 members (excludes halogenated alkanes) is 17. The van der Waals surface area contributed by atoms with Crippen LogP contribution in [0.4, 0.5) is 0 Å². The Bertz CT molecular complexity index is 430. The van der Waals surface area contributed by atoms with E-state index < -0.39 is 30.1 Å². The number of hydrogen-bond donors (Lipinski definition) is 4. The van der Waals surface area contributed by atoms with E-state index in [1.807, 2.05) is 0 Å². The first-order valence-corrected chi connectivity index (χ1v) is 14.3. The van der Waals surface area contributed by atoms with E-state index in [0.717, 1.165) is 38.5 Å². The van der Waals surface area contributed by atoms with Crippen LogP contribution in [0, 0.1) is 5.92 Å². The first kappa shape index (κ1) is 32.5. The molecular weight excluding hydrogens is 414 g/mol. The van der Waals surface area contributed by atoms with Crippen LogP contribution in [0.25, 0.3) is 0 Å². The van der Waals surface area contributed by atoms with Gasteiger partial charge >= 0.3 is 0 Å². The molecule has 5 nitrogen and oxygen atoms in total. The van der Waals surface area contributed by atoms with Crippen molar-refractivity contribution in [2.24, 2.45) is 11.7 Å². The average Bonchev–Trinajstić information content (AvgIpc) is 2.78. The third kappa shape index (κ3) is 18.5.